The van der Waals surface area contributed by atoms with Crippen LogP contribution in [0.25, 0.3) is 5.52 Å². The minimum atomic E-state index is -1.02. The van der Waals surface area contributed by atoms with Crippen LogP contribution in [0.1, 0.15) is 22.7 Å². The average Bonchev–Trinajstić information content (AvgIpc) is 2.78. The molecular formula is C13H17N3O3. The molecular weight excluding hydrogens is 246 g/mol. The molecule has 0 aliphatic carbocycles. The van der Waals surface area contributed by atoms with E-state index in [9.17, 15) is 9.90 Å². The summed E-state index contributed by atoms with van der Waals surface area (Å²) >= 11 is 0. The lowest BCUT2D eigenvalue weighted by Crippen LogP contribution is -2.09. The van der Waals surface area contributed by atoms with Crippen molar-refractivity contribution in [2.75, 3.05) is 20.7 Å². The molecule has 6 heteroatoms. The minimum Gasteiger partial charge on any atom is -0.482 e. The molecule has 102 valence electrons. The molecule has 2 heterocycles. The lowest BCUT2D eigenvalue weighted by molar-refractivity contribution is 0.0693. The Balaban J connectivity index is 2.52. The molecule has 2 N–H and O–H groups in total. The number of rotatable bonds is 6. The van der Waals surface area contributed by atoms with Crippen LogP contribution in [0.3, 0.4) is 0 Å². The Morgan fingerprint density at radius 2 is 2.32 bits per heavy atom. The number of carboxylic acids is 1. The van der Waals surface area contributed by atoms with Gasteiger partial charge < -0.3 is 15.2 Å². The number of hydrogen-bond acceptors (Lipinski definition) is 4. The fourth-order valence-corrected chi connectivity index (χ4v) is 2.08. The van der Waals surface area contributed by atoms with Crippen molar-refractivity contribution in [1.29, 1.82) is 0 Å². The van der Waals surface area contributed by atoms with E-state index in [2.05, 4.69) is 10.3 Å². The van der Waals surface area contributed by atoms with Gasteiger partial charge in [-0.25, -0.2) is 9.78 Å². The van der Waals surface area contributed by atoms with Gasteiger partial charge in [-0.05, 0) is 32.1 Å². The van der Waals surface area contributed by atoms with Gasteiger partial charge in [0, 0.05) is 6.42 Å². The maximum Gasteiger partial charge on any atom is 0.356 e. The summed E-state index contributed by atoms with van der Waals surface area (Å²) in [5.74, 6) is 0.280. The number of carbonyl (C=O) groups is 1. The van der Waals surface area contributed by atoms with Crippen LogP contribution in [0, 0.1) is 0 Å². The van der Waals surface area contributed by atoms with Crippen molar-refractivity contribution < 1.29 is 14.6 Å². The number of nitrogens with one attached hydrogen (secondary N) is 1. The first-order chi connectivity index (χ1) is 9.19. The summed E-state index contributed by atoms with van der Waals surface area (Å²) in [6.45, 7) is 0.854. The van der Waals surface area contributed by atoms with Gasteiger partial charge in [-0.3, -0.25) is 4.40 Å². The third-order valence-electron chi connectivity index (χ3n) is 2.93. The molecule has 0 radical (unpaired) electrons. The van der Waals surface area contributed by atoms with Crippen molar-refractivity contribution in [2.24, 2.45) is 0 Å². The zero-order valence-corrected chi connectivity index (χ0v) is 11.0. The molecule has 2 aromatic rings. The highest BCUT2D eigenvalue weighted by atomic mass is 16.5. The van der Waals surface area contributed by atoms with Gasteiger partial charge in [0.1, 0.15) is 5.82 Å². The fourth-order valence-electron chi connectivity index (χ4n) is 2.08. The first-order valence-electron chi connectivity index (χ1n) is 6.11. The largest absolute Gasteiger partial charge is 0.482 e. The van der Waals surface area contributed by atoms with Gasteiger partial charge in [0.15, 0.2) is 11.6 Å². The molecule has 2 aromatic heterocycles. The maximum atomic E-state index is 11.2. The second-order valence-electron chi connectivity index (χ2n) is 4.18. The number of aromatic carboxylic acids is 1. The molecule has 0 fully saturated rings. The zero-order chi connectivity index (χ0) is 13.8. The number of nitrogens with zero attached hydrogens (tertiary/aromatic N) is 2. The highest BCUT2D eigenvalue weighted by molar-refractivity contribution is 5.93. The van der Waals surface area contributed by atoms with Crippen LogP contribution in [0.4, 0.5) is 0 Å². The standard InChI is InChI=1S/C13H17N3O3/c1-14-8-4-6-10-15-12(13(17)18)9-5-3-7-11(19-2)16(9)10/h3,5,7,14H,4,6,8H2,1-2H3,(H,17,18). The van der Waals surface area contributed by atoms with Crippen molar-refractivity contribution >= 4 is 11.5 Å². The van der Waals surface area contributed by atoms with Gasteiger partial charge >= 0.3 is 5.97 Å². The van der Waals surface area contributed by atoms with Crippen LogP contribution in [0.5, 0.6) is 5.88 Å². The van der Waals surface area contributed by atoms with Crippen LogP contribution in [0.2, 0.25) is 0 Å². The number of fused-ring (bicyclic) bond motifs is 1. The molecule has 0 saturated carbocycles. The van der Waals surface area contributed by atoms with Crippen molar-refractivity contribution in [3.8, 4) is 5.88 Å². The monoisotopic (exact) mass is 263 g/mol. The van der Waals surface area contributed by atoms with Gasteiger partial charge in [0.25, 0.3) is 0 Å². The van der Waals surface area contributed by atoms with Gasteiger partial charge in [0.05, 0.1) is 12.6 Å². The first-order valence-corrected chi connectivity index (χ1v) is 6.11. The summed E-state index contributed by atoms with van der Waals surface area (Å²) in [5.41, 5.74) is 0.629. The van der Waals surface area contributed by atoms with Crippen LogP contribution in [-0.2, 0) is 6.42 Å². The number of aromatic nitrogens is 2. The van der Waals surface area contributed by atoms with Crippen molar-refractivity contribution in [2.45, 2.75) is 12.8 Å². The number of imidazole rings is 1. The highest BCUT2D eigenvalue weighted by Gasteiger charge is 2.18. The van der Waals surface area contributed by atoms with Gasteiger partial charge in [-0.1, -0.05) is 6.07 Å². The SMILES string of the molecule is CNCCCc1nc(C(=O)O)c2cccc(OC)n12. The van der Waals surface area contributed by atoms with Crippen LogP contribution < -0.4 is 10.1 Å². The third-order valence-corrected chi connectivity index (χ3v) is 2.93. The molecule has 0 aliphatic rings. The minimum absolute atomic E-state index is 0.0679. The fraction of sp³-hybridized carbons (Fsp3) is 0.385. The normalized spacial score (nSPS) is 10.8. The number of hydrogen-bond donors (Lipinski definition) is 2. The molecule has 0 aromatic carbocycles. The predicted octanol–water partition coefficient (Wildman–Crippen LogP) is 1.19. The molecule has 2 rings (SSSR count). The number of pyridine rings is 1. The average molecular weight is 263 g/mol. The Labute approximate surface area is 111 Å². The second-order valence-corrected chi connectivity index (χ2v) is 4.18. The molecule has 19 heavy (non-hydrogen) atoms. The van der Waals surface area contributed by atoms with Crippen LogP contribution in [-0.4, -0.2) is 41.2 Å². The van der Waals surface area contributed by atoms with E-state index >= 15 is 0 Å². The van der Waals surface area contributed by atoms with E-state index in [-0.39, 0.29) is 5.69 Å². The first kappa shape index (κ1) is 13.4. The topological polar surface area (TPSA) is 75.9 Å². The quantitative estimate of drug-likeness (QED) is 0.766. The molecule has 0 saturated heterocycles. The lowest BCUT2D eigenvalue weighted by atomic mass is 10.3. The van der Waals surface area contributed by atoms with Crippen LogP contribution in [0.15, 0.2) is 18.2 Å². The Kier molecular flexibility index (Phi) is 4.01. The Bertz CT molecular complexity index is 592. The molecule has 6 nitrogen and oxygen atoms in total. The molecule has 0 unspecified atom stereocenters. The number of carboxylic acid groups (broad SMARTS) is 1. The number of aryl methyl sites for hydroxylation is 1. The molecule has 0 spiro atoms. The molecule has 0 bridgehead atoms. The summed E-state index contributed by atoms with van der Waals surface area (Å²) in [6.07, 6.45) is 1.57. The molecule has 0 amide bonds. The van der Waals surface area contributed by atoms with Gasteiger partial charge in [0.2, 0.25) is 0 Å². The van der Waals surface area contributed by atoms with E-state index in [0.717, 1.165) is 13.0 Å². The smallest absolute Gasteiger partial charge is 0.356 e. The highest BCUT2D eigenvalue weighted by Crippen LogP contribution is 2.21. The number of ether oxygens (including phenoxy) is 1. The second kappa shape index (κ2) is 5.71. The van der Waals surface area contributed by atoms with E-state index < -0.39 is 5.97 Å². The Morgan fingerprint density at radius 1 is 1.53 bits per heavy atom. The van der Waals surface area contributed by atoms with Crippen molar-refractivity contribution in [1.82, 2.24) is 14.7 Å². The van der Waals surface area contributed by atoms with E-state index in [0.29, 0.717) is 23.6 Å². The molecule has 0 aliphatic heterocycles. The zero-order valence-electron chi connectivity index (χ0n) is 11.0. The maximum absolute atomic E-state index is 11.2. The predicted molar refractivity (Wildman–Crippen MR) is 71.0 cm³/mol. The summed E-state index contributed by atoms with van der Waals surface area (Å²) in [4.78, 5) is 15.5. The van der Waals surface area contributed by atoms with E-state index in [1.54, 1.807) is 29.7 Å². The van der Waals surface area contributed by atoms with E-state index in [4.69, 9.17) is 4.74 Å². The van der Waals surface area contributed by atoms with Gasteiger partial charge in [-0.15, -0.1) is 0 Å². The Morgan fingerprint density at radius 3 is 2.95 bits per heavy atom. The van der Waals surface area contributed by atoms with Crippen molar-refractivity contribution in [3.05, 3.63) is 29.7 Å². The van der Waals surface area contributed by atoms with E-state index in [1.165, 1.54) is 0 Å². The van der Waals surface area contributed by atoms with Gasteiger partial charge in [-0.2, -0.15) is 0 Å². The summed E-state index contributed by atoms with van der Waals surface area (Å²) in [5, 5.41) is 12.3. The number of methoxy groups -OCH3 is 1. The third kappa shape index (κ3) is 2.53. The summed E-state index contributed by atoms with van der Waals surface area (Å²) in [7, 11) is 3.44. The van der Waals surface area contributed by atoms with Crippen LogP contribution >= 0.6 is 0 Å². The molecule has 0 atom stereocenters. The summed E-state index contributed by atoms with van der Waals surface area (Å²) in [6, 6.07) is 5.29. The van der Waals surface area contributed by atoms with Crippen molar-refractivity contribution in [3.63, 3.8) is 0 Å². The Hall–Kier alpha value is -2.08. The van der Waals surface area contributed by atoms with E-state index in [1.807, 2.05) is 7.05 Å². The summed E-state index contributed by atoms with van der Waals surface area (Å²) < 4.78 is 7.04. The lowest BCUT2D eigenvalue weighted by Gasteiger charge is -2.07.